The molecule has 0 bridgehead atoms. The van der Waals surface area contributed by atoms with Crippen molar-refractivity contribution in [2.45, 2.75) is 32.2 Å². The Morgan fingerprint density at radius 2 is 2.14 bits per heavy atom. The predicted octanol–water partition coefficient (Wildman–Crippen LogP) is 1.76. The molecule has 1 aromatic rings. The van der Waals surface area contributed by atoms with Crippen molar-refractivity contribution in [1.29, 1.82) is 0 Å². The molecular weight excluding hydrogens is 278 g/mol. The Morgan fingerprint density at radius 1 is 1.32 bits per heavy atom. The van der Waals surface area contributed by atoms with Crippen LogP contribution in [0.2, 0.25) is 0 Å². The molecule has 0 spiro atoms. The van der Waals surface area contributed by atoms with Gasteiger partial charge < -0.3 is 16.0 Å². The van der Waals surface area contributed by atoms with E-state index in [4.69, 9.17) is 0 Å². The van der Waals surface area contributed by atoms with Gasteiger partial charge in [-0.15, -0.1) is 0 Å². The van der Waals surface area contributed by atoms with Crippen LogP contribution in [0.5, 0.6) is 0 Å². The van der Waals surface area contributed by atoms with Crippen LogP contribution in [0.4, 0.5) is 5.69 Å². The van der Waals surface area contributed by atoms with Crippen molar-refractivity contribution >= 4 is 17.5 Å². The van der Waals surface area contributed by atoms with Gasteiger partial charge >= 0.3 is 0 Å². The standard InChI is InChI=1S/C17H23N3O2/c1-11-8-15(11)17(22)19-13-5-2-4-12(9-13)16(21)20-14-6-3-7-18-10-14/h2,4-5,9,11,14-15,18H,3,6-8,10H2,1H3,(H,19,22)(H,20,21). The van der Waals surface area contributed by atoms with E-state index in [1.165, 1.54) is 0 Å². The van der Waals surface area contributed by atoms with Gasteiger partial charge in [0, 0.05) is 29.8 Å². The molecule has 1 heterocycles. The number of benzene rings is 1. The third-order valence-electron chi connectivity index (χ3n) is 4.47. The van der Waals surface area contributed by atoms with E-state index >= 15 is 0 Å². The van der Waals surface area contributed by atoms with Crippen LogP contribution in [0, 0.1) is 11.8 Å². The summed E-state index contributed by atoms with van der Waals surface area (Å²) >= 11 is 0. The second-order valence-corrected chi connectivity index (χ2v) is 6.41. The fourth-order valence-corrected chi connectivity index (χ4v) is 2.90. The van der Waals surface area contributed by atoms with Gasteiger partial charge in [0.05, 0.1) is 0 Å². The minimum Gasteiger partial charge on any atom is -0.348 e. The highest BCUT2D eigenvalue weighted by Gasteiger charge is 2.39. The first-order valence-corrected chi connectivity index (χ1v) is 8.06. The molecule has 2 aliphatic rings. The summed E-state index contributed by atoms with van der Waals surface area (Å²) in [4.78, 5) is 24.3. The second-order valence-electron chi connectivity index (χ2n) is 6.41. The second kappa shape index (κ2) is 6.48. The summed E-state index contributed by atoms with van der Waals surface area (Å²) in [6, 6.07) is 7.34. The van der Waals surface area contributed by atoms with Crippen molar-refractivity contribution < 1.29 is 9.59 Å². The van der Waals surface area contributed by atoms with Gasteiger partial charge in [-0.3, -0.25) is 9.59 Å². The van der Waals surface area contributed by atoms with E-state index < -0.39 is 0 Å². The molecule has 2 fully saturated rings. The molecule has 1 aliphatic heterocycles. The van der Waals surface area contributed by atoms with Crippen LogP contribution in [-0.4, -0.2) is 30.9 Å². The molecule has 1 aromatic carbocycles. The van der Waals surface area contributed by atoms with Crippen molar-refractivity contribution in [2.75, 3.05) is 18.4 Å². The van der Waals surface area contributed by atoms with Crippen LogP contribution in [0.3, 0.4) is 0 Å². The molecule has 1 saturated heterocycles. The summed E-state index contributed by atoms with van der Waals surface area (Å²) in [5.74, 6) is 0.585. The summed E-state index contributed by atoms with van der Waals surface area (Å²) in [5.41, 5.74) is 1.28. The van der Waals surface area contributed by atoms with Crippen molar-refractivity contribution in [3.8, 4) is 0 Å². The summed E-state index contributed by atoms with van der Waals surface area (Å²) < 4.78 is 0. The number of carbonyl (C=O) groups excluding carboxylic acids is 2. The first-order valence-electron chi connectivity index (χ1n) is 8.06. The minimum absolute atomic E-state index is 0.0570. The molecule has 118 valence electrons. The number of carbonyl (C=O) groups is 2. The van der Waals surface area contributed by atoms with Crippen LogP contribution in [0.1, 0.15) is 36.5 Å². The normalized spacial score (nSPS) is 27.0. The lowest BCUT2D eigenvalue weighted by atomic mass is 10.1. The molecule has 22 heavy (non-hydrogen) atoms. The lowest BCUT2D eigenvalue weighted by molar-refractivity contribution is -0.117. The van der Waals surface area contributed by atoms with E-state index in [0.717, 1.165) is 32.4 Å². The van der Waals surface area contributed by atoms with E-state index in [1.54, 1.807) is 18.2 Å². The van der Waals surface area contributed by atoms with Gasteiger partial charge in [0.2, 0.25) is 5.91 Å². The molecule has 0 radical (unpaired) electrons. The molecule has 5 heteroatoms. The first kappa shape index (κ1) is 15.0. The monoisotopic (exact) mass is 301 g/mol. The average molecular weight is 301 g/mol. The number of hydrogen-bond acceptors (Lipinski definition) is 3. The molecule has 3 atom stereocenters. The Bertz CT molecular complexity index is 567. The molecule has 3 unspecified atom stereocenters. The number of rotatable bonds is 4. The highest BCUT2D eigenvalue weighted by molar-refractivity contribution is 5.98. The van der Waals surface area contributed by atoms with Crippen LogP contribution in [0.25, 0.3) is 0 Å². The van der Waals surface area contributed by atoms with Crippen LogP contribution in [-0.2, 0) is 4.79 Å². The molecular formula is C17H23N3O2. The summed E-state index contributed by atoms with van der Waals surface area (Å²) in [6.45, 7) is 3.92. The predicted molar refractivity (Wildman–Crippen MR) is 85.7 cm³/mol. The Morgan fingerprint density at radius 3 is 2.82 bits per heavy atom. The number of hydrogen-bond donors (Lipinski definition) is 3. The highest BCUT2D eigenvalue weighted by Crippen LogP contribution is 2.38. The van der Waals surface area contributed by atoms with Gasteiger partial charge in [0.1, 0.15) is 0 Å². The van der Waals surface area contributed by atoms with Crippen LogP contribution in [0.15, 0.2) is 24.3 Å². The number of anilines is 1. The van der Waals surface area contributed by atoms with Crippen molar-refractivity contribution in [2.24, 2.45) is 11.8 Å². The van der Waals surface area contributed by atoms with Gasteiger partial charge in [-0.05, 0) is 49.9 Å². The zero-order valence-electron chi connectivity index (χ0n) is 12.9. The summed E-state index contributed by atoms with van der Waals surface area (Å²) in [5, 5.41) is 9.23. The lowest BCUT2D eigenvalue weighted by Gasteiger charge is -2.23. The third kappa shape index (κ3) is 3.65. The number of piperidine rings is 1. The maximum atomic E-state index is 12.3. The molecule has 1 aliphatic carbocycles. The molecule has 3 N–H and O–H groups in total. The van der Waals surface area contributed by atoms with Gasteiger partial charge in [-0.1, -0.05) is 13.0 Å². The molecule has 1 saturated carbocycles. The fraction of sp³-hybridized carbons (Fsp3) is 0.529. The average Bonchev–Trinajstić information content (AvgIpc) is 3.26. The maximum Gasteiger partial charge on any atom is 0.251 e. The third-order valence-corrected chi connectivity index (χ3v) is 4.47. The number of amides is 2. The summed E-state index contributed by atoms with van der Waals surface area (Å²) in [7, 11) is 0. The quantitative estimate of drug-likeness (QED) is 0.793. The zero-order valence-corrected chi connectivity index (χ0v) is 12.9. The van der Waals surface area contributed by atoms with Crippen molar-refractivity contribution in [1.82, 2.24) is 10.6 Å². The Labute approximate surface area is 130 Å². The van der Waals surface area contributed by atoms with E-state index in [2.05, 4.69) is 22.9 Å². The van der Waals surface area contributed by atoms with Gasteiger partial charge in [0.25, 0.3) is 5.91 Å². The van der Waals surface area contributed by atoms with Crippen molar-refractivity contribution in [3.05, 3.63) is 29.8 Å². The maximum absolute atomic E-state index is 12.3. The van der Waals surface area contributed by atoms with E-state index in [9.17, 15) is 9.59 Å². The first-order chi connectivity index (χ1) is 10.6. The molecule has 5 nitrogen and oxygen atoms in total. The Balaban J connectivity index is 1.60. The van der Waals surface area contributed by atoms with Crippen molar-refractivity contribution in [3.63, 3.8) is 0 Å². The smallest absolute Gasteiger partial charge is 0.251 e. The van der Waals surface area contributed by atoms with Gasteiger partial charge in [0.15, 0.2) is 0 Å². The van der Waals surface area contributed by atoms with Crippen LogP contribution >= 0.6 is 0 Å². The molecule has 0 aromatic heterocycles. The highest BCUT2D eigenvalue weighted by atomic mass is 16.2. The van der Waals surface area contributed by atoms with E-state index in [1.807, 2.05) is 6.07 Å². The molecule has 3 rings (SSSR count). The SMILES string of the molecule is CC1CC1C(=O)Nc1cccc(C(=O)NC2CCCNC2)c1. The number of nitrogens with one attached hydrogen (secondary N) is 3. The topological polar surface area (TPSA) is 70.2 Å². The van der Waals surface area contributed by atoms with Gasteiger partial charge in [-0.25, -0.2) is 0 Å². The largest absolute Gasteiger partial charge is 0.348 e. The minimum atomic E-state index is -0.0791. The fourth-order valence-electron chi connectivity index (χ4n) is 2.90. The summed E-state index contributed by atoms with van der Waals surface area (Å²) in [6.07, 6.45) is 3.05. The molecule has 2 amide bonds. The van der Waals surface area contributed by atoms with Gasteiger partial charge in [-0.2, -0.15) is 0 Å². The Kier molecular flexibility index (Phi) is 4.43. The van der Waals surface area contributed by atoms with Crippen LogP contribution < -0.4 is 16.0 Å². The zero-order chi connectivity index (χ0) is 15.5. The van der Waals surface area contributed by atoms with E-state index in [0.29, 0.717) is 17.2 Å². The Hall–Kier alpha value is -1.88. The lowest BCUT2D eigenvalue weighted by Crippen LogP contribution is -2.45. The van der Waals surface area contributed by atoms with E-state index in [-0.39, 0.29) is 23.8 Å².